The van der Waals surface area contributed by atoms with Gasteiger partial charge in [-0.25, -0.2) is 4.98 Å². The number of benzene rings is 1. The van der Waals surface area contributed by atoms with Gasteiger partial charge in [0.1, 0.15) is 5.65 Å². The molecule has 0 aliphatic heterocycles. The standard InChI is InChI=1S/C20H19N5O2/c1-11-2-4-16-15(7-21-24-16)19(11)12-3-5-18-22-17(9-25(18)8-12)23-20(27)14-6-13(14)10-26/h2-5,7-9,13-14,26H,6,10H2,1H3,(H,21,24)(H,23,27). The predicted molar refractivity (Wildman–Crippen MR) is 102 cm³/mol. The third-order valence-electron chi connectivity index (χ3n) is 5.32. The lowest BCUT2D eigenvalue weighted by Gasteiger charge is -2.08. The molecule has 2 unspecified atom stereocenters. The van der Waals surface area contributed by atoms with Crippen molar-refractivity contribution in [3.8, 4) is 11.1 Å². The van der Waals surface area contributed by atoms with Crippen LogP contribution in [0.3, 0.4) is 0 Å². The SMILES string of the molecule is Cc1ccc2[nH]ncc2c1-c1ccc2nc(NC(=O)C3CC3CO)cn2c1. The van der Waals surface area contributed by atoms with E-state index < -0.39 is 0 Å². The Morgan fingerprint density at radius 3 is 3.04 bits per heavy atom. The number of aliphatic hydroxyl groups is 1. The molecule has 1 aliphatic carbocycles. The number of imidazole rings is 1. The molecule has 27 heavy (non-hydrogen) atoms. The van der Waals surface area contributed by atoms with Crippen LogP contribution in [0.1, 0.15) is 12.0 Å². The first-order chi connectivity index (χ1) is 13.1. The van der Waals surface area contributed by atoms with Gasteiger partial charge in [0, 0.05) is 24.1 Å². The third-order valence-corrected chi connectivity index (χ3v) is 5.32. The van der Waals surface area contributed by atoms with E-state index in [9.17, 15) is 4.79 Å². The molecule has 3 heterocycles. The van der Waals surface area contributed by atoms with Crippen LogP contribution in [-0.4, -0.2) is 37.2 Å². The summed E-state index contributed by atoms with van der Waals surface area (Å²) in [6.07, 6.45) is 6.42. The quantitative estimate of drug-likeness (QED) is 0.521. The number of anilines is 1. The summed E-state index contributed by atoms with van der Waals surface area (Å²) in [5.41, 5.74) is 5.12. The number of aryl methyl sites for hydroxylation is 1. The lowest BCUT2D eigenvalue weighted by molar-refractivity contribution is -0.117. The van der Waals surface area contributed by atoms with Crippen LogP contribution in [0.15, 0.2) is 42.9 Å². The molecule has 3 N–H and O–H groups in total. The van der Waals surface area contributed by atoms with Gasteiger partial charge >= 0.3 is 0 Å². The number of hydrogen-bond acceptors (Lipinski definition) is 4. The Hall–Kier alpha value is -3.19. The van der Waals surface area contributed by atoms with E-state index in [2.05, 4.69) is 33.5 Å². The normalized spacial score (nSPS) is 18.9. The number of nitrogens with one attached hydrogen (secondary N) is 2. The van der Waals surface area contributed by atoms with Crippen LogP contribution >= 0.6 is 0 Å². The lowest BCUT2D eigenvalue weighted by atomic mass is 9.98. The topological polar surface area (TPSA) is 95.3 Å². The van der Waals surface area contributed by atoms with E-state index >= 15 is 0 Å². The Morgan fingerprint density at radius 2 is 2.22 bits per heavy atom. The summed E-state index contributed by atoms with van der Waals surface area (Å²) in [7, 11) is 0. The average molecular weight is 361 g/mol. The molecule has 1 fully saturated rings. The van der Waals surface area contributed by atoms with Crippen molar-refractivity contribution < 1.29 is 9.90 Å². The number of amides is 1. The molecule has 1 aromatic carbocycles. The van der Waals surface area contributed by atoms with Gasteiger partial charge in [-0.3, -0.25) is 9.89 Å². The monoisotopic (exact) mass is 361 g/mol. The molecule has 136 valence electrons. The second kappa shape index (κ2) is 5.92. The van der Waals surface area contributed by atoms with E-state index in [1.807, 2.05) is 41.2 Å². The smallest absolute Gasteiger partial charge is 0.229 e. The van der Waals surface area contributed by atoms with Gasteiger partial charge in [-0.1, -0.05) is 6.07 Å². The average Bonchev–Trinajstić information content (AvgIpc) is 3.12. The van der Waals surface area contributed by atoms with Gasteiger partial charge in [0.25, 0.3) is 0 Å². The number of nitrogens with zero attached hydrogens (tertiary/aromatic N) is 3. The molecule has 1 saturated carbocycles. The third kappa shape index (κ3) is 2.67. The summed E-state index contributed by atoms with van der Waals surface area (Å²) >= 11 is 0. The Bertz CT molecular complexity index is 1180. The summed E-state index contributed by atoms with van der Waals surface area (Å²) in [4.78, 5) is 16.7. The van der Waals surface area contributed by atoms with Gasteiger partial charge < -0.3 is 14.8 Å². The van der Waals surface area contributed by atoms with E-state index in [-0.39, 0.29) is 24.3 Å². The molecule has 1 aliphatic rings. The van der Waals surface area contributed by atoms with Crippen molar-refractivity contribution in [2.45, 2.75) is 13.3 Å². The fourth-order valence-corrected chi connectivity index (χ4v) is 3.70. The zero-order valence-corrected chi connectivity index (χ0v) is 14.8. The summed E-state index contributed by atoms with van der Waals surface area (Å²) < 4.78 is 1.92. The second-order valence-corrected chi connectivity index (χ2v) is 7.17. The molecule has 7 heteroatoms. The van der Waals surface area contributed by atoms with Crippen molar-refractivity contribution in [2.75, 3.05) is 11.9 Å². The number of H-pyrrole nitrogens is 1. The maximum absolute atomic E-state index is 12.2. The van der Waals surface area contributed by atoms with Gasteiger partial charge in [-0.2, -0.15) is 5.10 Å². The minimum atomic E-state index is -0.100. The number of aliphatic hydroxyl groups excluding tert-OH is 1. The minimum Gasteiger partial charge on any atom is -0.396 e. The summed E-state index contributed by atoms with van der Waals surface area (Å²) in [6.45, 7) is 2.14. The number of aromatic amines is 1. The highest BCUT2D eigenvalue weighted by Crippen LogP contribution is 2.38. The minimum absolute atomic E-state index is 0.0610. The van der Waals surface area contributed by atoms with Crippen molar-refractivity contribution in [2.24, 2.45) is 11.8 Å². The Kier molecular flexibility index (Phi) is 3.51. The van der Waals surface area contributed by atoms with Crippen LogP contribution in [0, 0.1) is 18.8 Å². The van der Waals surface area contributed by atoms with Crippen LogP contribution < -0.4 is 5.32 Å². The highest BCUT2D eigenvalue weighted by Gasteiger charge is 2.42. The van der Waals surface area contributed by atoms with Crippen molar-refractivity contribution in [1.29, 1.82) is 0 Å². The highest BCUT2D eigenvalue weighted by molar-refractivity contribution is 5.96. The fourth-order valence-electron chi connectivity index (χ4n) is 3.70. The molecular formula is C20H19N5O2. The van der Waals surface area contributed by atoms with Crippen molar-refractivity contribution >= 4 is 28.3 Å². The molecule has 0 bridgehead atoms. The number of pyridine rings is 1. The zero-order chi connectivity index (χ0) is 18.5. The van der Waals surface area contributed by atoms with E-state index in [1.54, 1.807) is 0 Å². The molecule has 4 aromatic rings. The van der Waals surface area contributed by atoms with Crippen molar-refractivity contribution in [3.63, 3.8) is 0 Å². The number of rotatable bonds is 4. The van der Waals surface area contributed by atoms with Gasteiger partial charge in [-0.15, -0.1) is 0 Å². The molecule has 0 saturated heterocycles. The molecule has 3 aromatic heterocycles. The molecular weight excluding hydrogens is 342 g/mol. The van der Waals surface area contributed by atoms with Gasteiger partial charge in [0.2, 0.25) is 5.91 Å². The van der Waals surface area contributed by atoms with E-state index in [1.165, 1.54) is 5.56 Å². The second-order valence-electron chi connectivity index (χ2n) is 7.17. The maximum Gasteiger partial charge on any atom is 0.229 e. The number of aromatic nitrogens is 4. The Morgan fingerprint density at radius 1 is 1.33 bits per heavy atom. The predicted octanol–water partition coefficient (Wildman–Crippen LogP) is 2.75. The number of fused-ring (bicyclic) bond motifs is 2. The first kappa shape index (κ1) is 16.0. The number of carbonyl (C=O) groups excluding carboxylic acids is 1. The van der Waals surface area contributed by atoms with Crippen molar-refractivity contribution in [3.05, 3.63) is 48.4 Å². The van der Waals surface area contributed by atoms with Crippen LogP contribution in [-0.2, 0) is 4.79 Å². The van der Waals surface area contributed by atoms with E-state index in [4.69, 9.17) is 5.11 Å². The summed E-state index contributed by atoms with van der Waals surface area (Å²) in [6, 6.07) is 8.08. The first-order valence-electron chi connectivity index (χ1n) is 8.97. The first-order valence-corrected chi connectivity index (χ1v) is 8.97. The Balaban J connectivity index is 1.50. The molecule has 1 amide bonds. The molecule has 7 nitrogen and oxygen atoms in total. The van der Waals surface area contributed by atoms with Crippen molar-refractivity contribution in [1.82, 2.24) is 19.6 Å². The van der Waals surface area contributed by atoms with E-state index in [0.29, 0.717) is 5.82 Å². The maximum atomic E-state index is 12.2. The fraction of sp³-hybridized carbons (Fsp3) is 0.250. The van der Waals surface area contributed by atoms with Crippen LogP contribution in [0.5, 0.6) is 0 Å². The Labute approximate surface area is 155 Å². The van der Waals surface area contributed by atoms with E-state index in [0.717, 1.165) is 34.1 Å². The lowest BCUT2D eigenvalue weighted by Crippen LogP contribution is -2.15. The number of hydrogen-bond donors (Lipinski definition) is 3. The summed E-state index contributed by atoms with van der Waals surface area (Å²) in [5.74, 6) is 0.444. The molecule has 0 spiro atoms. The zero-order valence-electron chi connectivity index (χ0n) is 14.8. The van der Waals surface area contributed by atoms with Gasteiger partial charge in [0.05, 0.1) is 17.9 Å². The largest absolute Gasteiger partial charge is 0.396 e. The van der Waals surface area contributed by atoms with Crippen LogP contribution in [0.25, 0.3) is 27.7 Å². The number of carbonyl (C=O) groups is 1. The molecule has 5 rings (SSSR count). The summed E-state index contributed by atoms with van der Waals surface area (Å²) in [5, 5.41) is 20.2. The molecule has 0 radical (unpaired) electrons. The van der Waals surface area contributed by atoms with Crippen LogP contribution in [0.4, 0.5) is 5.82 Å². The van der Waals surface area contributed by atoms with Gasteiger partial charge in [-0.05, 0) is 54.2 Å². The highest BCUT2D eigenvalue weighted by atomic mass is 16.3. The van der Waals surface area contributed by atoms with Gasteiger partial charge in [0.15, 0.2) is 5.82 Å². The van der Waals surface area contributed by atoms with Crippen LogP contribution in [0.2, 0.25) is 0 Å². The molecule has 2 atom stereocenters.